The molecule has 5 nitrogen and oxygen atoms in total. The van der Waals surface area contributed by atoms with Crippen LogP contribution in [0, 0.1) is 6.92 Å². The van der Waals surface area contributed by atoms with Gasteiger partial charge in [-0.1, -0.05) is 12.1 Å². The molecule has 0 aliphatic carbocycles. The van der Waals surface area contributed by atoms with Gasteiger partial charge in [0, 0.05) is 13.0 Å². The van der Waals surface area contributed by atoms with Crippen LogP contribution in [0.25, 0.3) is 11.1 Å². The fourth-order valence-electron chi connectivity index (χ4n) is 2.60. The molecule has 0 saturated heterocycles. The van der Waals surface area contributed by atoms with Crippen LogP contribution in [0.5, 0.6) is 0 Å². The van der Waals surface area contributed by atoms with E-state index in [0.29, 0.717) is 0 Å². The van der Waals surface area contributed by atoms with Crippen LogP contribution in [-0.4, -0.2) is 15.0 Å². The minimum Gasteiger partial charge on any atom is -0.439 e. The van der Waals surface area contributed by atoms with Crippen LogP contribution < -0.4 is 5.32 Å². The fourth-order valence-corrected chi connectivity index (χ4v) is 2.60. The summed E-state index contributed by atoms with van der Waals surface area (Å²) in [5.74, 6) is 0.748. The molecule has 4 rings (SSSR count). The molecule has 0 saturated carbocycles. The summed E-state index contributed by atoms with van der Waals surface area (Å²) in [6, 6.07) is 6.10. The molecule has 0 fully saturated rings. The van der Waals surface area contributed by atoms with Gasteiger partial charge in [0.15, 0.2) is 5.58 Å². The number of nitrogens with zero attached hydrogens (tertiary/aromatic N) is 2. The van der Waals surface area contributed by atoms with E-state index in [0.717, 1.165) is 46.9 Å². The molecule has 2 aromatic heterocycles. The quantitative estimate of drug-likeness (QED) is 0.699. The highest BCUT2D eigenvalue weighted by Gasteiger charge is 2.25. The molecule has 3 aromatic rings. The van der Waals surface area contributed by atoms with Crippen molar-refractivity contribution in [1.29, 1.82) is 0 Å². The van der Waals surface area contributed by atoms with Crippen molar-refractivity contribution in [2.24, 2.45) is 0 Å². The average molecular weight is 254 g/mol. The van der Waals surface area contributed by atoms with E-state index in [9.17, 15) is 0 Å². The molecule has 0 radical (unpaired) electrons. The molecule has 1 aliphatic rings. The predicted octanol–water partition coefficient (Wildman–Crippen LogP) is 2.25. The zero-order chi connectivity index (χ0) is 12.8. The molecule has 0 amide bonds. The Bertz CT molecular complexity index is 743. The van der Waals surface area contributed by atoms with Crippen molar-refractivity contribution in [2.75, 3.05) is 0 Å². The number of hydrogen-bond donors (Lipinski definition) is 2. The number of fused-ring (bicyclic) bond motifs is 2. The number of nitrogens with one attached hydrogen (secondary N) is 2. The topological polar surface area (TPSA) is 66.7 Å². The van der Waals surface area contributed by atoms with Gasteiger partial charge in [0.25, 0.3) is 0 Å². The van der Waals surface area contributed by atoms with Crippen LogP contribution in [0.4, 0.5) is 0 Å². The van der Waals surface area contributed by atoms with Crippen LogP contribution in [0.2, 0.25) is 0 Å². The summed E-state index contributed by atoms with van der Waals surface area (Å²) in [4.78, 5) is 12.1. The van der Waals surface area contributed by atoms with Crippen molar-refractivity contribution < 1.29 is 4.42 Å². The summed E-state index contributed by atoms with van der Waals surface area (Å²) in [6.45, 7) is 2.83. The highest BCUT2D eigenvalue weighted by molar-refractivity contribution is 5.76. The minimum absolute atomic E-state index is 0.0996. The fraction of sp³-hybridized carbons (Fsp3) is 0.286. The Morgan fingerprint density at radius 3 is 3.21 bits per heavy atom. The monoisotopic (exact) mass is 254 g/mol. The number of aromatic amines is 1. The molecule has 0 spiro atoms. The third-order valence-corrected chi connectivity index (χ3v) is 3.67. The van der Waals surface area contributed by atoms with Crippen molar-refractivity contribution in [3.63, 3.8) is 0 Å². The van der Waals surface area contributed by atoms with Gasteiger partial charge in [0.05, 0.1) is 23.8 Å². The molecular formula is C14H14N4O. The van der Waals surface area contributed by atoms with Gasteiger partial charge in [0.1, 0.15) is 5.52 Å². The highest BCUT2D eigenvalue weighted by atomic mass is 16.3. The normalized spacial score (nSPS) is 18.7. The first-order valence-electron chi connectivity index (χ1n) is 6.42. The van der Waals surface area contributed by atoms with Gasteiger partial charge >= 0.3 is 0 Å². The first-order chi connectivity index (χ1) is 9.31. The molecule has 3 heterocycles. The first kappa shape index (κ1) is 10.8. The summed E-state index contributed by atoms with van der Waals surface area (Å²) < 4.78 is 5.87. The third-order valence-electron chi connectivity index (χ3n) is 3.67. The van der Waals surface area contributed by atoms with Crippen molar-refractivity contribution in [3.8, 4) is 0 Å². The summed E-state index contributed by atoms with van der Waals surface area (Å²) in [5, 5.41) is 3.43. The molecule has 1 atom stereocenters. The lowest BCUT2D eigenvalue weighted by atomic mass is 10.1. The smallest absolute Gasteiger partial charge is 0.213 e. The van der Waals surface area contributed by atoms with Crippen LogP contribution in [0.15, 0.2) is 28.9 Å². The third kappa shape index (κ3) is 1.66. The van der Waals surface area contributed by atoms with Gasteiger partial charge in [-0.3, -0.25) is 5.32 Å². The van der Waals surface area contributed by atoms with Gasteiger partial charge < -0.3 is 9.40 Å². The maximum Gasteiger partial charge on any atom is 0.213 e. The number of imidazole rings is 1. The van der Waals surface area contributed by atoms with Crippen LogP contribution in [0.3, 0.4) is 0 Å². The van der Waals surface area contributed by atoms with Gasteiger partial charge in [-0.05, 0) is 18.6 Å². The van der Waals surface area contributed by atoms with Crippen LogP contribution >= 0.6 is 0 Å². The zero-order valence-corrected chi connectivity index (χ0v) is 10.6. The number of aryl methyl sites for hydroxylation is 1. The maximum absolute atomic E-state index is 5.87. The zero-order valence-electron chi connectivity index (χ0n) is 10.6. The number of hydrogen-bond acceptors (Lipinski definition) is 4. The second kappa shape index (κ2) is 3.93. The molecular weight excluding hydrogens is 240 g/mol. The van der Waals surface area contributed by atoms with Gasteiger partial charge in [-0.15, -0.1) is 0 Å². The van der Waals surface area contributed by atoms with Gasteiger partial charge in [-0.2, -0.15) is 0 Å². The summed E-state index contributed by atoms with van der Waals surface area (Å²) in [5.41, 5.74) is 5.20. The van der Waals surface area contributed by atoms with Crippen molar-refractivity contribution in [1.82, 2.24) is 20.3 Å². The largest absolute Gasteiger partial charge is 0.439 e. The number of rotatable bonds is 1. The van der Waals surface area contributed by atoms with Gasteiger partial charge in [-0.25, -0.2) is 9.97 Å². The molecule has 5 heteroatoms. The highest BCUT2D eigenvalue weighted by Crippen LogP contribution is 2.27. The van der Waals surface area contributed by atoms with E-state index in [4.69, 9.17) is 4.42 Å². The Hall–Kier alpha value is -2.14. The van der Waals surface area contributed by atoms with E-state index in [1.165, 1.54) is 0 Å². The number of H-pyrrole nitrogens is 1. The van der Waals surface area contributed by atoms with E-state index < -0.39 is 0 Å². The summed E-state index contributed by atoms with van der Waals surface area (Å²) in [7, 11) is 0. The number of benzene rings is 1. The molecule has 1 unspecified atom stereocenters. The number of aromatic nitrogens is 3. The molecule has 0 bridgehead atoms. The number of para-hydroxylation sites is 1. The van der Waals surface area contributed by atoms with Gasteiger partial charge in [0.2, 0.25) is 5.89 Å². The summed E-state index contributed by atoms with van der Waals surface area (Å²) in [6.07, 6.45) is 2.55. The second-order valence-corrected chi connectivity index (χ2v) is 4.94. The molecule has 96 valence electrons. The van der Waals surface area contributed by atoms with Crippen LogP contribution in [-0.2, 0) is 13.0 Å². The lowest BCUT2D eigenvalue weighted by Gasteiger charge is -2.19. The Kier molecular flexibility index (Phi) is 2.22. The Balaban J connectivity index is 1.74. The van der Waals surface area contributed by atoms with Crippen molar-refractivity contribution in [2.45, 2.75) is 25.9 Å². The standard InChI is InChI=1S/C14H14N4O/c1-8-3-2-4-12-13(8)18-14(19-12)10-5-9-11(6-15-10)17-7-16-9/h2-4,7,10,15H,5-6H2,1H3,(H,16,17). The Morgan fingerprint density at radius 2 is 2.32 bits per heavy atom. The number of oxazole rings is 1. The first-order valence-corrected chi connectivity index (χ1v) is 6.42. The van der Waals surface area contributed by atoms with E-state index in [1.54, 1.807) is 6.33 Å². The Morgan fingerprint density at radius 1 is 1.37 bits per heavy atom. The lowest BCUT2D eigenvalue weighted by Crippen LogP contribution is -2.28. The second-order valence-electron chi connectivity index (χ2n) is 4.94. The van der Waals surface area contributed by atoms with E-state index in [1.807, 2.05) is 12.1 Å². The molecule has 2 N–H and O–H groups in total. The SMILES string of the molecule is Cc1cccc2oc(C3Cc4nc[nH]c4CN3)nc12. The van der Waals surface area contributed by atoms with E-state index in [2.05, 4.69) is 33.3 Å². The molecule has 1 aromatic carbocycles. The summed E-state index contributed by atoms with van der Waals surface area (Å²) >= 11 is 0. The average Bonchev–Trinajstić information content (AvgIpc) is 3.04. The molecule has 19 heavy (non-hydrogen) atoms. The van der Waals surface area contributed by atoms with E-state index in [-0.39, 0.29) is 6.04 Å². The van der Waals surface area contributed by atoms with E-state index >= 15 is 0 Å². The Labute approximate surface area is 110 Å². The van der Waals surface area contributed by atoms with Crippen LogP contribution in [0.1, 0.15) is 28.9 Å². The molecule has 1 aliphatic heterocycles. The van der Waals surface area contributed by atoms with Crippen molar-refractivity contribution in [3.05, 3.63) is 47.4 Å². The van der Waals surface area contributed by atoms with Crippen molar-refractivity contribution >= 4 is 11.1 Å². The predicted molar refractivity (Wildman–Crippen MR) is 70.6 cm³/mol. The minimum atomic E-state index is 0.0996. The maximum atomic E-state index is 5.87. The lowest BCUT2D eigenvalue weighted by molar-refractivity contribution is 0.391.